The molecule has 4 rings (SSSR count). The fourth-order valence-electron chi connectivity index (χ4n) is 3.73. The average Bonchev–Trinajstić information content (AvgIpc) is 2.73. The minimum Gasteiger partial charge on any atom is -0.321 e. The molecule has 152 valence electrons. The van der Waals surface area contributed by atoms with Gasteiger partial charge >= 0.3 is 0 Å². The van der Waals surface area contributed by atoms with Gasteiger partial charge in [-0.25, -0.2) is 8.42 Å². The molecule has 2 amide bonds. The van der Waals surface area contributed by atoms with Crippen molar-refractivity contribution in [3.8, 4) is 0 Å². The molecule has 1 fully saturated rings. The number of rotatable bonds is 3. The van der Waals surface area contributed by atoms with Gasteiger partial charge in [0.1, 0.15) is 6.54 Å². The zero-order valence-electron chi connectivity index (χ0n) is 16.1. The van der Waals surface area contributed by atoms with E-state index in [9.17, 15) is 18.0 Å². The number of nitrogens with one attached hydrogen (secondary N) is 1. The Morgan fingerprint density at radius 1 is 1.14 bits per heavy atom. The van der Waals surface area contributed by atoms with Gasteiger partial charge in [0.05, 0.1) is 22.5 Å². The van der Waals surface area contributed by atoms with Gasteiger partial charge in [0, 0.05) is 24.8 Å². The molecule has 0 unspecified atom stereocenters. The first-order valence-corrected chi connectivity index (χ1v) is 11.0. The van der Waals surface area contributed by atoms with Crippen LogP contribution in [0.4, 0.5) is 11.4 Å². The van der Waals surface area contributed by atoms with Gasteiger partial charge in [0.25, 0.3) is 5.91 Å². The quantitative estimate of drug-likeness (QED) is 0.830. The molecule has 8 nitrogen and oxygen atoms in total. The first kappa shape index (κ1) is 19.5. The summed E-state index contributed by atoms with van der Waals surface area (Å²) in [5, 5.41) is 2.69. The lowest BCUT2D eigenvalue weighted by atomic mass is 10.1. The maximum atomic E-state index is 13.2. The second kappa shape index (κ2) is 7.57. The van der Waals surface area contributed by atoms with Crippen molar-refractivity contribution in [2.45, 2.75) is 31.1 Å². The molecule has 0 saturated carbocycles. The average molecular weight is 414 g/mol. The second-order valence-corrected chi connectivity index (χ2v) is 9.18. The maximum Gasteiger partial charge on any atom is 0.258 e. The van der Waals surface area contributed by atoms with Crippen molar-refractivity contribution in [2.24, 2.45) is 0 Å². The summed E-state index contributed by atoms with van der Waals surface area (Å²) in [6, 6.07) is 6.31. The van der Waals surface area contributed by atoms with Crippen molar-refractivity contribution in [3.63, 3.8) is 0 Å². The van der Waals surface area contributed by atoms with Gasteiger partial charge in [0.15, 0.2) is 0 Å². The topological polar surface area (TPSA) is 99.7 Å². The normalized spacial score (nSPS) is 17.6. The van der Waals surface area contributed by atoms with Crippen LogP contribution in [0.3, 0.4) is 0 Å². The number of benzene rings is 1. The first-order valence-electron chi connectivity index (χ1n) is 9.54. The number of piperidine rings is 1. The smallest absolute Gasteiger partial charge is 0.258 e. The van der Waals surface area contributed by atoms with Crippen LogP contribution >= 0.6 is 0 Å². The van der Waals surface area contributed by atoms with Crippen molar-refractivity contribution >= 4 is 33.2 Å². The molecule has 9 heteroatoms. The molecule has 29 heavy (non-hydrogen) atoms. The summed E-state index contributed by atoms with van der Waals surface area (Å²) in [6.45, 7) is 2.57. The fourth-order valence-corrected chi connectivity index (χ4v) is 5.50. The number of nitrogens with zero attached hydrogens (tertiary/aromatic N) is 3. The van der Waals surface area contributed by atoms with Gasteiger partial charge in [-0.05, 0) is 43.5 Å². The molecule has 2 aromatic rings. The number of hydrogen-bond donors (Lipinski definition) is 1. The maximum absolute atomic E-state index is 13.2. The van der Waals surface area contributed by atoms with E-state index in [0.29, 0.717) is 30.0 Å². The molecule has 0 aliphatic carbocycles. The number of aromatic nitrogens is 1. The molecule has 0 bridgehead atoms. The van der Waals surface area contributed by atoms with E-state index in [1.807, 2.05) is 0 Å². The Morgan fingerprint density at radius 3 is 2.66 bits per heavy atom. The molecule has 0 atom stereocenters. The summed E-state index contributed by atoms with van der Waals surface area (Å²) in [5.74, 6) is -0.755. The van der Waals surface area contributed by atoms with Crippen LogP contribution in [0, 0.1) is 6.92 Å². The largest absolute Gasteiger partial charge is 0.321 e. The number of amides is 2. The Bertz CT molecular complexity index is 1080. The molecule has 1 N–H and O–H groups in total. The number of sulfonamides is 1. The number of carbonyl (C=O) groups is 2. The summed E-state index contributed by atoms with van der Waals surface area (Å²) in [7, 11) is -3.68. The highest BCUT2D eigenvalue weighted by molar-refractivity contribution is 7.89. The Labute approximate surface area is 169 Å². The lowest BCUT2D eigenvalue weighted by molar-refractivity contribution is -0.115. The number of carbonyl (C=O) groups excluding carboxylic acids is 2. The molecule has 0 spiro atoms. The summed E-state index contributed by atoms with van der Waals surface area (Å²) < 4.78 is 27.8. The molecule has 1 aromatic carbocycles. The molecule has 2 aliphatic rings. The Kier molecular flexibility index (Phi) is 5.10. The second-order valence-electron chi connectivity index (χ2n) is 7.28. The molecule has 3 heterocycles. The Hall–Kier alpha value is -2.78. The first-order chi connectivity index (χ1) is 13.9. The third kappa shape index (κ3) is 3.63. The van der Waals surface area contributed by atoms with Crippen LogP contribution in [0.25, 0.3) is 0 Å². The van der Waals surface area contributed by atoms with E-state index < -0.39 is 15.9 Å². The van der Waals surface area contributed by atoms with E-state index in [2.05, 4.69) is 10.3 Å². The predicted octanol–water partition coefficient (Wildman–Crippen LogP) is 2.16. The highest BCUT2D eigenvalue weighted by atomic mass is 32.2. The number of fused-ring (bicyclic) bond motifs is 1. The number of aryl methyl sites for hydroxylation is 1. The minimum atomic E-state index is -3.68. The van der Waals surface area contributed by atoms with E-state index >= 15 is 0 Å². The molecule has 0 radical (unpaired) electrons. The lowest BCUT2D eigenvalue weighted by Crippen LogP contribution is -2.42. The zero-order valence-corrected chi connectivity index (χ0v) is 16.9. The number of anilines is 2. The van der Waals surface area contributed by atoms with Gasteiger partial charge in [-0.15, -0.1) is 0 Å². The fraction of sp³-hybridized carbons (Fsp3) is 0.350. The van der Waals surface area contributed by atoms with Crippen molar-refractivity contribution in [1.82, 2.24) is 9.29 Å². The van der Waals surface area contributed by atoms with E-state index in [4.69, 9.17) is 0 Å². The highest BCUT2D eigenvalue weighted by Gasteiger charge is 2.31. The van der Waals surface area contributed by atoms with Crippen LogP contribution in [0.2, 0.25) is 0 Å². The standard InChI is InChI=1S/C20H22N4O4S/c1-14-5-6-15(11-18(14)29(27,28)23-9-3-2-4-10-23)20(26)24-13-19(25)22-16-12-21-8-7-17(16)24/h5-8,11-12H,2-4,9-10,13H2,1H3,(H,22,25). The molecule has 1 saturated heterocycles. The molecule has 1 aromatic heterocycles. The summed E-state index contributed by atoms with van der Waals surface area (Å²) >= 11 is 0. The number of pyridine rings is 1. The predicted molar refractivity (Wildman–Crippen MR) is 108 cm³/mol. The van der Waals surface area contributed by atoms with Gasteiger partial charge in [-0.1, -0.05) is 12.5 Å². The Morgan fingerprint density at radius 2 is 1.90 bits per heavy atom. The van der Waals surface area contributed by atoms with Crippen LogP contribution in [0.15, 0.2) is 41.6 Å². The van der Waals surface area contributed by atoms with Crippen molar-refractivity contribution < 1.29 is 18.0 Å². The summed E-state index contributed by atoms with van der Waals surface area (Å²) in [6.07, 6.45) is 5.72. The SMILES string of the molecule is Cc1ccc(C(=O)N2CC(=O)Nc3cnccc32)cc1S(=O)(=O)N1CCCCC1. The summed E-state index contributed by atoms with van der Waals surface area (Å²) in [4.78, 5) is 30.7. The third-order valence-electron chi connectivity index (χ3n) is 5.28. The van der Waals surface area contributed by atoms with Crippen molar-refractivity contribution in [2.75, 3.05) is 29.9 Å². The van der Waals surface area contributed by atoms with Gasteiger partial charge in [-0.2, -0.15) is 4.31 Å². The molecular weight excluding hydrogens is 392 g/mol. The van der Waals surface area contributed by atoms with Crippen LogP contribution in [-0.2, 0) is 14.8 Å². The number of hydrogen-bond acceptors (Lipinski definition) is 5. The Balaban J connectivity index is 1.71. The van der Waals surface area contributed by atoms with E-state index in [0.717, 1.165) is 19.3 Å². The zero-order chi connectivity index (χ0) is 20.6. The van der Waals surface area contributed by atoms with Crippen LogP contribution in [0.5, 0.6) is 0 Å². The van der Waals surface area contributed by atoms with Gasteiger partial charge in [0.2, 0.25) is 15.9 Å². The van der Waals surface area contributed by atoms with Gasteiger partial charge < -0.3 is 5.32 Å². The van der Waals surface area contributed by atoms with Crippen molar-refractivity contribution in [1.29, 1.82) is 0 Å². The monoisotopic (exact) mass is 414 g/mol. The van der Waals surface area contributed by atoms with Crippen LogP contribution in [0.1, 0.15) is 35.2 Å². The van der Waals surface area contributed by atoms with Crippen molar-refractivity contribution in [3.05, 3.63) is 47.8 Å². The molecule has 2 aliphatic heterocycles. The lowest BCUT2D eigenvalue weighted by Gasteiger charge is -2.29. The van der Waals surface area contributed by atoms with Crippen LogP contribution in [-0.4, -0.2) is 49.2 Å². The minimum absolute atomic E-state index is 0.140. The van der Waals surface area contributed by atoms with Crippen LogP contribution < -0.4 is 10.2 Å². The molecular formula is C20H22N4O4S. The third-order valence-corrected chi connectivity index (χ3v) is 7.32. The van der Waals surface area contributed by atoms with E-state index in [1.165, 1.54) is 27.7 Å². The van der Waals surface area contributed by atoms with Gasteiger partial charge in [-0.3, -0.25) is 19.5 Å². The summed E-state index contributed by atoms with van der Waals surface area (Å²) in [5.41, 5.74) is 1.80. The van der Waals surface area contributed by atoms with E-state index in [1.54, 1.807) is 25.1 Å². The van der Waals surface area contributed by atoms with E-state index in [-0.39, 0.29) is 22.9 Å². The highest BCUT2D eigenvalue weighted by Crippen LogP contribution is 2.30.